The number of aliphatic hydroxyl groups excluding tert-OH is 1. The Labute approximate surface area is 190 Å². The second kappa shape index (κ2) is 7.06. The smallest absolute Gasteiger partial charge is 0.338 e. The van der Waals surface area contributed by atoms with Gasteiger partial charge in [-0.15, -0.1) is 0 Å². The zero-order chi connectivity index (χ0) is 22.9. The Morgan fingerprint density at radius 2 is 1.72 bits per heavy atom. The van der Waals surface area contributed by atoms with Crippen LogP contribution in [-0.4, -0.2) is 34.4 Å². The minimum Gasteiger partial charge on any atom is -0.481 e. The summed E-state index contributed by atoms with van der Waals surface area (Å²) in [6, 6.07) is 8.98. The van der Waals surface area contributed by atoms with Crippen LogP contribution in [0.5, 0.6) is 0 Å². The number of benzene rings is 1. The Morgan fingerprint density at radius 3 is 2.41 bits per heavy atom. The van der Waals surface area contributed by atoms with Crippen molar-refractivity contribution < 1.29 is 24.5 Å². The van der Waals surface area contributed by atoms with Gasteiger partial charge in [0.25, 0.3) is 0 Å². The molecule has 0 heterocycles. The van der Waals surface area contributed by atoms with Crippen LogP contribution in [0.3, 0.4) is 0 Å². The van der Waals surface area contributed by atoms with Crippen molar-refractivity contribution in [2.24, 2.45) is 33.5 Å². The van der Waals surface area contributed by atoms with Gasteiger partial charge >= 0.3 is 11.9 Å². The highest BCUT2D eigenvalue weighted by Gasteiger charge is 2.73. The molecule has 174 valence electrons. The largest absolute Gasteiger partial charge is 0.481 e. The number of carbonyl (C=O) groups excluding carboxylic acids is 1. The van der Waals surface area contributed by atoms with Crippen molar-refractivity contribution >= 4 is 11.9 Å². The van der Waals surface area contributed by atoms with E-state index in [9.17, 15) is 19.8 Å². The van der Waals surface area contributed by atoms with Gasteiger partial charge in [-0.2, -0.15) is 0 Å². The van der Waals surface area contributed by atoms with E-state index in [0.717, 1.165) is 38.5 Å². The van der Waals surface area contributed by atoms with Crippen molar-refractivity contribution in [2.75, 3.05) is 0 Å². The molecule has 4 saturated carbocycles. The van der Waals surface area contributed by atoms with Gasteiger partial charge in [0.2, 0.25) is 0 Å². The molecule has 4 aliphatic rings. The fourth-order valence-electron chi connectivity index (χ4n) is 8.86. The van der Waals surface area contributed by atoms with Gasteiger partial charge < -0.3 is 14.9 Å². The number of aliphatic carboxylic acids is 1. The van der Waals surface area contributed by atoms with E-state index in [1.807, 2.05) is 25.1 Å². The molecular formula is C27H36O5. The summed E-state index contributed by atoms with van der Waals surface area (Å²) >= 11 is 0. The van der Waals surface area contributed by atoms with E-state index in [4.69, 9.17) is 4.74 Å². The van der Waals surface area contributed by atoms with Gasteiger partial charge in [-0.25, -0.2) is 4.79 Å². The number of ether oxygens (including phenoxy) is 1. The average Bonchev–Trinajstić information content (AvgIpc) is 3.08. The maximum atomic E-state index is 13.1. The summed E-state index contributed by atoms with van der Waals surface area (Å²) < 4.78 is 6.19. The van der Waals surface area contributed by atoms with Crippen molar-refractivity contribution in [2.45, 2.75) is 84.3 Å². The minimum atomic E-state index is -0.927. The van der Waals surface area contributed by atoms with Crippen LogP contribution >= 0.6 is 0 Å². The summed E-state index contributed by atoms with van der Waals surface area (Å²) in [6.45, 7) is 6.38. The number of hydrogen-bond acceptors (Lipinski definition) is 4. The summed E-state index contributed by atoms with van der Waals surface area (Å²) in [6.07, 6.45) is 6.00. The van der Waals surface area contributed by atoms with Crippen molar-refractivity contribution in [3.05, 3.63) is 35.9 Å². The van der Waals surface area contributed by atoms with Gasteiger partial charge in [0, 0.05) is 5.92 Å². The SMILES string of the molecule is C[C@@]12CC[C@]3(C1)C(C[C@@H](OC(=O)c1ccccc1)[C@H]1[C@](C)(C(=O)O)CCC[C@@]13C)C[C@@H]2O. The zero-order valence-electron chi connectivity index (χ0n) is 19.5. The first-order valence-electron chi connectivity index (χ1n) is 12.2. The molecule has 8 atom stereocenters. The summed E-state index contributed by atoms with van der Waals surface area (Å²) in [5.41, 5.74) is -0.739. The number of carboxylic acids is 1. The second-order valence-corrected chi connectivity index (χ2v) is 12.0. The van der Waals surface area contributed by atoms with E-state index in [1.54, 1.807) is 12.1 Å². The third-order valence-electron chi connectivity index (χ3n) is 10.5. The normalized spacial score (nSPS) is 47.2. The molecule has 1 aromatic carbocycles. The van der Waals surface area contributed by atoms with Crippen LogP contribution in [0.1, 0.15) is 82.5 Å². The van der Waals surface area contributed by atoms with E-state index < -0.39 is 17.5 Å². The topological polar surface area (TPSA) is 83.8 Å². The molecule has 0 radical (unpaired) electrons. The molecule has 0 aliphatic heterocycles. The molecule has 2 bridgehead atoms. The quantitative estimate of drug-likeness (QED) is 0.641. The molecule has 5 rings (SSSR count). The molecule has 5 nitrogen and oxygen atoms in total. The Morgan fingerprint density at radius 1 is 1.00 bits per heavy atom. The monoisotopic (exact) mass is 440 g/mol. The van der Waals surface area contributed by atoms with Crippen LogP contribution in [0, 0.1) is 33.5 Å². The molecule has 0 aromatic heterocycles. The molecule has 1 spiro atoms. The fraction of sp³-hybridized carbons (Fsp3) is 0.704. The molecule has 1 aromatic rings. The highest BCUT2D eigenvalue weighted by molar-refractivity contribution is 5.89. The number of hydrogen-bond donors (Lipinski definition) is 2. The third-order valence-corrected chi connectivity index (χ3v) is 10.5. The molecular weight excluding hydrogens is 404 g/mol. The molecule has 0 amide bonds. The summed E-state index contributed by atoms with van der Waals surface area (Å²) in [5.74, 6) is -1.14. The van der Waals surface area contributed by atoms with E-state index in [-0.39, 0.29) is 40.2 Å². The first-order chi connectivity index (χ1) is 15.1. The highest BCUT2D eigenvalue weighted by atomic mass is 16.5. The number of esters is 1. The van der Waals surface area contributed by atoms with Gasteiger partial charge in [0.05, 0.1) is 17.1 Å². The summed E-state index contributed by atoms with van der Waals surface area (Å²) in [4.78, 5) is 25.8. The minimum absolute atomic E-state index is 0.0123. The Hall–Kier alpha value is -1.88. The van der Waals surface area contributed by atoms with Gasteiger partial charge in [-0.05, 0) is 86.2 Å². The molecule has 1 unspecified atom stereocenters. The van der Waals surface area contributed by atoms with Crippen LogP contribution in [-0.2, 0) is 9.53 Å². The Kier molecular flexibility index (Phi) is 4.84. The lowest BCUT2D eigenvalue weighted by atomic mass is 9.37. The van der Waals surface area contributed by atoms with E-state index in [0.29, 0.717) is 18.4 Å². The van der Waals surface area contributed by atoms with Gasteiger partial charge in [-0.3, -0.25) is 4.79 Å². The molecule has 0 saturated heterocycles. The second-order valence-electron chi connectivity index (χ2n) is 12.0. The van der Waals surface area contributed by atoms with Crippen LogP contribution in [0.2, 0.25) is 0 Å². The van der Waals surface area contributed by atoms with Crippen molar-refractivity contribution in [3.8, 4) is 0 Å². The summed E-state index contributed by atoms with van der Waals surface area (Å²) in [7, 11) is 0. The number of aliphatic hydroxyl groups is 1. The van der Waals surface area contributed by atoms with E-state index in [2.05, 4.69) is 13.8 Å². The van der Waals surface area contributed by atoms with Crippen molar-refractivity contribution in [1.29, 1.82) is 0 Å². The number of rotatable bonds is 3. The fourth-order valence-corrected chi connectivity index (χ4v) is 8.86. The van der Waals surface area contributed by atoms with E-state index >= 15 is 0 Å². The Bertz CT molecular complexity index is 929. The van der Waals surface area contributed by atoms with Crippen molar-refractivity contribution in [1.82, 2.24) is 0 Å². The molecule has 4 fully saturated rings. The Balaban J connectivity index is 1.59. The van der Waals surface area contributed by atoms with Gasteiger partial charge in [-0.1, -0.05) is 38.5 Å². The lowest BCUT2D eigenvalue weighted by Gasteiger charge is -2.67. The van der Waals surface area contributed by atoms with Crippen LogP contribution in [0.25, 0.3) is 0 Å². The van der Waals surface area contributed by atoms with Crippen LogP contribution in [0.15, 0.2) is 30.3 Å². The predicted octanol–water partition coefficient (Wildman–Crippen LogP) is 5.07. The summed E-state index contributed by atoms with van der Waals surface area (Å²) in [5, 5.41) is 21.4. The van der Waals surface area contributed by atoms with Gasteiger partial charge in [0.15, 0.2) is 0 Å². The predicted molar refractivity (Wildman–Crippen MR) is 120 cm³/mol. The first-order valence-corrected chi connectivity index (χ1v) is 12.2. The van der Waals surface area contributed by atoms with Crippen molar-refractivity contribution in [3.63, 3.8) is 0 Å². The molecule has 2 N–H and O–H groups in total. The first kappa shape index (κ1) is 21.9. The standard InChI is InChI=1S/C27H36O5/c1-24-12-13-27(16-24)18(15-20(24)28)14-19(32-22(29)17-8-5-4-6-9-17)21-25(2,23(30)31)10-7-11-26(21,27)3/h4-6,8-9,18-21,28H,7,10-16H2,1-3H3,(H,30,31)/t18?,19-,20+,21+,24-,25-,26+,27+/m1/s1. The van der Waals surface area contributed by atoms with E-state index in [1.165, 1.54) is 0 Å². The maximum absolute atomic E-state index is 13.1. The van der Waals surface area contributed by atoms with Crippen LogP contribution < -0.4 is 0 Å². The molecule has 5 heteroatoms. The molecule has 32 heavy (non-hydrogen) atoms. The lowest BCUT2D eigenvalue weighted by Crippen LogP contribution is -2.66. The lowest BCUT2D eigenvalue weighted by molar-refractivity contribution is -0.233. The number of carboxylic acid groups (broad SMARTS) is 1. The number of fused-ring (bicyclic) bond motifs is 2. The van der Waals surface area contributed by atoms with Gasteiger partial charge in [0.1, 0.15) is 6.10 Å². The van der Waals surface area contributed by atoms with Crippen LogP contribution in [0.4, 0.5) is 0 Å². The zero-order valence-corrected chi connectivity index (χ0v) is 19.5. The highest BCUT2D eigenvalue weighted by Crippen LogP contribution is 2.76. The number of carbonyl (C=O) groups is 2. The average molecular weight is 441 g/mol. The maximum Gasteiger partial charge on any atom is 0.338 e. The third kappa shape index (κ3) is 2.79. The molecule has 4 aliphatic carbocycles.